The molecule has 2 aromatic carbocycles. The molecule has 0 fully saturated rings. The lowest BCUT2D eigenvalue weighted by molar-refractivity contribution is -0.137. The maximum absolute atomic E-state index is 14.0. The first kappa shape index (κ1) is 15.8. The number of hydrogen-bond acceptors (Lipinski definition) is 4. The van der Waals surface area contributed by atoms with Crippen LogP contribution in [0.1, 0.15) is 5.56 Å². The van der Waals surface area contributed by atoms with E-state index in [0.717, 1.165) is 12.1 Å². The number of phenolic OH excluding ortho intramolecular Hbond substituents is 1. The molecule has 0 amide bonds. The van der Waals surface area contributed by atoms with Gasteiger partial charge in [0.2, 0.25) is 0 Å². The molecule has 5 nitrogen and oxygen atoms in total. The van der Waals surface area contributed by atoms with Gasteiger partial charge in [-0.1, -0.05) is 5.21 Å². The van der Waals surface area contributed by atoms with Crippen LogP contribution < -0.4 is 5.73 Å². The third kappa shape index (κ3) is 2.75. The number of nitrogen functional groups attached to an aromatic ring is 1. The molecule has 0 unspecified atom stereocenters. The highest BCUT2D eigenvalue weighted by Crippen LogP contribution is 2.34. The monoisotopic (exact) mass is 338 g/mol. The lowest BCUT2D eigenvalue weighted by Crippen LogP contribution is -2.06. The third-order valence-electron chi connectivity index (χ3n) is 3.35. The van der Waals surface area contributed by atoms with Crippen molar-refractivity contribution in [2.75, 3.05) is 5.73 Å². The van der Waals surface area contributed by atoms with Crippen LogP contribution in [0.15, 0.2) is 42.5 Å². The van der Waals surface area contributed by atoms with E-state index in [1.165, 1.54) is 28.9 Å². The lowest BCUT2D eigenvalue weighted by Gasteiger charge is -2.08. The summed E-state index contributed by atoms with van der Waals surface area (Å²) in [5.41, 5.74) is 4.97. The summed E-state index contributed by atoms with van der Waals surface area (Å²) in [4.78, 5) is 0. The number of anilines is 1. The fourth-order valence-corrected chi connectivity index (χ4v) is 2.15. The summed E-state index contributed by atoms with van der Waals surface area (Å²) in [5, 5.41) is 16.8. The molecule has 3 aromatic rings. The molecule has 9 heteroatoms. The van der Waals surface area contributed by atoms with Crippen molar-refractivity contribution >= 4 is 5.82 Å². The topological polar surface area (TPSA) is 77.0 Å². The normalized spacial score (nSPS) is 11.7. The van der Waals surface area contributed by atoms with Crippen LogP contribution in [0.25, 0.3) is 16.9 Å². The Balaban J connectivity index is 2.04. The summed E-state index contributed by atoms with van der Waals surface area (Å²) in [6.07, 6.45) is -4.64. The molecule has 0 saturated carbocycles. The molecule has 3 rings (SSSR count). The molecule has 1 aromatic heterocycles. The minimum absolute atomic E-state index is 0.0337. The number of alkyl halides is 3. The van der Waals surface area contributed by atoms with Crippen molar-refractivity contribution < 1.29 is 22.7 Å². The van der Waals surface area contributed by atoms with Crippen molar-refractivity contribution in [3.63, 3.8) is 0 Å². The van der Waals surface area contributed by atoms with E-state index in [9.17, 15) is 22.7 Å². The zero-order valence-electron chi connectivity index (χ0n) is 11.9. The van der Waals surface area contributed by atoms with Crippen molar-refractivity contribution in [1.82, 2.24) is 15.0 Å². The Kier molecular flexibility index (Phi) is 3.63. The van der Waals surface area contributed by atoms with Crippen LogP contribution in [-0.2, 0) is 6.18 Å². The highest BCUT2D eigenvalue weighted by atomic mass is 19.4. The van der Waals surface area contributed by atoms with Gasteiger partial charge in [0.1, 0.15) is 17.3 Å². The Morgan fingerprint density at radius 2 is 1.71 bits per heavy atom. The van der Waals surface area contributed by atoms with Gasteiger partial charge in [0, 0.05) is 5.56 Å². The van der Waals surface area contributed by atoms with Gasteiger partial charge in [-0.15, -0.1) is 5.10 Å². The first-order valence-electron chi connectivity index (χ1n) is 6.65. The van der Waals surface area contributed by atoms with Gasteiger partial charge in [0.15, 0.2) is 5.82 Å². The first-order chi connectivity index (χ1) is 11.3. The Morgan fingerprint density at radius 1 is 1.04 bits per heavy atom. The number of aromatic nitrogens is 3. The summed E-state index contributed by atoms with van der Waals surface area (Å²) in [5.74, 6) is -1.11. The van der Waals surface area contributed by atoms with Crippen LogP contribution in [0.2, 0.25) is 0 Å². The number of benzene rings is 2. The van der Waals surface area contributed by atoms with E-state index in [1.807, 2.05) is 0 Å². The van der Waals surface area contributed by atoms with Crippen molar-refractivity contribution in [2.45, 2.75) is 6.18 Å². The lowest BCUT2D eigenvalue weighted by atomic mass is 10.1. The number of nitrogens with zero attached hydrogens (tertiary/aromatic N) is 3. The van der Waals surface area contributed by atoms with Gasteiger partial charge in [-0.3, -0.25) is 0 Å². The second-order valence-corrected chi connectivity index (χ2v) is 4.94. The largest absolute Gasteiger partial charge is 0.508 e. The summed E-state index contributed by atoms with van der Waals surface area (Å²) in [7, 11) is 0. The SMILES string of the molecule is Nc1c(-c2ccc(C(F)(F)F)cc2F)nnn1-c1ccc(O)cc1. The van der Waals surface area contributed by atoms with Crippen LogP contribution in [0, 0.1) is 5.82 Å². The van der Waals surface area contributed by atoms with Gasteiger partial charge in [-0.2, -0.15) is 17.9 Å². The predicted octanol–water partition coefficient (Wildman–Crippen LogP) is 3.38. The summed E-state index contributed by atoms with van der Waals surface area (Å²) in [6, 6.07) is 7.90. The van der Waals surface area contributed by atoms with E-state index in [-0.39, 0.29) is 22.8 Å². The molecule has 24 heavy (non-hydrogen) atoms. The molecule has 0 aliphatic carbocycles. The predicted molar refractivity (Wildman–Crippen MR) is 77.8 cm³/mol. The molecule has 1 heterocycles. The van der Waals surface area contributed by atoms with E-state index >= 15 is 0 Å². The van der Waals surface area contributed by atoms with Crippen LogP contribution in [0.4, 0.5) is 23.4 Å². The Morgan fingerprint density at radius 3 is 2.29 bits per heavy atom. The standard InChI is InChI=1S/C15H10F4N4O/c16-12-7-8(15(17,18)19)1-6-11(12)13-14(20)23(22-21-13)9-2-4-10(24)5-3-9/h1-7,24H,20H2. The second kappa shape index (κ2) is 5.52. The molecule has 124 valence electrons. The third-order valence-corrected chi connectivity index (χ3v) is 3.35. The number of phenols is 1. The van der Waals surface area contributed by atoms with Gasteiger partial charge in [-0.25, -0.2) is 4.39 Å². The number of halogens is 4. The molecule has 0 aliphatic rings. The molecule has 3 N–H and O–H groups in total. The highest BCUT2D eigenvalue weighted by Gasteiger charge is 2.31. The molecule has 0 saturated heterocycles. The molecule has 0 aliphatic heterocycles. The van der Waals surface area contributed by atoms with Gasteiger partial charge >= 0.3 is 6.18 Å². The second-order valence-electron chi connectivity index (χ2n) is 4.94. The number of hydrogen-bond donors (Lipinski definition) is 2. The number of rotatable bonds is 2. The van der Waals surface area contributed by atoms with Gasteiger partial charge < -0.3 is 10.8 Å². The van der Waals surface area contributed by atoms with E-state index in [2.05, 4.69) is 10.3 Å². The average Bonchev–Trinajstić information content (AvgIpc) is 2.89. The van der Waals surface area contributed by atoms with Crippen molar-refractivity contribution in [3.05, 3.63) is 53.8 Å². The quantitative estimate of drug-likeness (QED) is 0.702. The first-order valence-corrected chi connectivity index (χ1v) is 6.65. The van der Waals surface area contributed by atoms with Gasteiger partial charge in [-0.05, 0) is 42.5 Å². The molecular formula is C15H10F4N4O. The van der Waals surface area contributed by atoms with Crippen LogP contribution in [-0.4, -0.2) is 20.1 Å². The van der Waals surface area contributed by atoms with Crippen molar-refractivity contribution in [2.24, 2.45) is 0 Å². The Hall–Kier alpha value is -3.10. The fourth-order valence-electron chi connectivity index (χ4n) is 2.15. The van der Waals surface area contributed by atoms with Gasteiger partial charge in [0.05, 0.1) is 11.3 Å². The Bertz CT molecular complexity index is 887. The Labute approximate surface area is 133 Å². The van der Waals surface area contributed by atoms with E-state index in [0.29, 0.717) is 11.8 Å². The molecule has 0 spiro atoms. The fraction of sp³-hybridized carbons (Fsp3) is 0.0667. The van der Waals surface area contributed by atoms with Crippen LogP contribution >= 0.6 is 0 Å². The summed E-state index contributed by atoms with van der Waals surface area (Å²) < 4.78 is 53.0. The van der Waals surface area contributed by atoms with E-state index in [1.54, 1.807) is 0 Å². The van der Waals surface area contributed by atoms with E-state index in [4.69, 9.17) is 5.73 Å². The zero-order chi connectivity index (χ0) is 17.5. The van der Waals surface area contributed by atoms with Crippen molar-refractivity contribution in [1.29, 1.82) is 0 Å². The number of aromatic hydroxyl groups is 1. The maximum Gasteiger partial charge on any atom is 0.416 e. The number of nitrogens with two attached hydrogens (primary N) is 1. The highest BCUT2D eigenvalue weighted by molar-refractivity contribution is 5.71. The maximum atomic E-state index is 14.0. The van der Waals surface area contributed by atoms with Crippen LogP contribution in [0.3, 0.4) is 0 Å². The zero-order valence-corrected chi connectivity index (χ0v) is 11.9. The smallest absolute Gasteiger partial charge is 0.416 e. The van der Waals surface area contributed by atoms with Crippen molar-refractivity contribution in [3.8, 4) is 22.7 Å². The van der Waals surface area contributed by atoms with E-state index < -0.39 is 17.6 Å². The van der Waals surface area contributed by atoms with Crippen LogP contribution in [0.5, 0.6) is 5.75 Å². The minimum atomic E-state index is -4.64. The minimum Gasteiger partial charge on any atom is -0.508 e. The molecule has 0 radical (unpaired) electrons. The molecular weight excluding hydrogens is 328 g/mol. The molecule has 0 atom stereocenters. The average molecular weight is 338 g/mol. The summed E-state index contributed by atoms with van der Waals surface area (Å²) >= 11 is 0. The van der Waals surface area contributed by atoms with Gasteiger partial charge in [0.25, 0.3) is 0 Å². The molecule has 0 bridgehead atoms. The summed E-state index contributed by atoms with van der Waals surface area (Å²) in [6.45, 7) is 0.